The highest BCUT2D eigenvalue weighted by Crippen LogP contribution is 2.19. The zero-order valence-electron chi connectivity index (χ0n) is 7.36. The average Bonchev–Trinajstić information content (AvgIpc) is 2.08. The Bertz CT molecular complexity index is 301. The van der Waals surface area contributed by atoms with Crippen molar-refractivity contribution in [3.05, 3.63) is 23.9 Å². The van der Waals surface area contributed by atoms with Crippen LogP contribution in [-0.2, 0) is 4.79 Å². The lowest BCUT2D eigenvalue weighted by Crippen LogP contribution is -1.96. The molecule has 0 radical (unpaired) electrons. The summed E-state index contributed by atoms with van der Waals surface area (Å²) in [6, 6.07) is 3.84. The highest BCUT2D eigenvalue weighted by Gasteiger charge is 2.01. The monoisotopic (exact) mass is 197 g/mol. The molecule has 0 unspecified atom stereocenters. The third-order valence-corrected chi connectivity index (χ3v) is 2.63. The van der Waals surface area contributed by atoms with Gasteiger partial charge in [0.15, 0.2) is 0 Å². The molecule has 0 aromatic carbocycles. The summed E-state index contributed by atoms with van der Waals surface area (Å²) in [6.45, 7) is 1.97. The van der Waals surface area contributed by atoms with Gasteiger partial charge in [-0.1, -0.05) is 6.07 Å². The molecule has 0 aliphatic carbocycles. The molecular formula is C9H11NO2S. The van der Waals surface area contributed by atoms with Gasteiger partial charge in [0.05, 0.1) is 11.4 Å². The molecule has 0 aliphatic heterocycles. The van der Waals surface area contributed by atoms with Crippen molar-refractivity contribution in [1.29, 1.82) is 0 Å². The molecule has 0 saturated heterocycles. The van der Waals surface area contributed by atoms with Crippen molar-refractivity contribution in [2.75, 3.05) is 5.75 Å². The quantitative estimate of drug-likeness (QED) is 0.749. The van der Waals surface area contributed by atoms with E-state index >= 15 is 0 Å². The highest BCUT2D eigenvalue weighted by atomic mass is 32.2. The Morgan fingerprint density at radius 2 is 2.46 bits per heavy atom. The van der Waals surface area contributed by atoms with Gasteiger partial charge in [0.2, 0.25) is 0 Å². The number of thioether (sulfide) groups is 1. The number of hydrogen-bond donors (Lipinski definition) is 1. The van der Waals surface area contributed by atoms with E-state index in [1.807, 2.05) is 19.1 Å². The van der Waals surface area contributed by atoms with Gasteiger partial charge in [-0.15, -0.1) is 11.8 Å². The second kappa shape index (κ2) is 4.87. The average molecular weight is 197 g/mol. The summed E-state index contributed by atoms with van der Waals surface area (Å²) in [6.07, 6.45) is 1.90. The first-order valence-electron chi connectivity index (χ1n) is 3.96. The van der Waals surface area contributed by atoms with E-state index in [0.717, 1.165) is 10.6 Å². The van der Waals surface area contributed by atoms with Crippen LogP contribution in [0.5, 0.6) is 0 Å². The summed E-state index contributed by atoms with van der Waals surface area (Å²) in [7, 11) is 0. The molecule has 4 heteroatoms. The van der Waals surface area contributed by atoms with E-state index in [2.05, 4.69) is 4.98 Å². The lowest BCUT2D eigenvalue weighted by molar-refractivity contribution is -0.136. The van der Waals surface area contributed by atoms with Gasteiger partial charge in [0.1, 0.15) is 0 Å². The Labute approximate surface area is 81.2 Å². The maximum absolute atomic E-state index is 10.2. The lowest BCUT2D eigenvalue weighted by Gasteiger charge is -2.01. The lowest BCUT2D eigenvalue weighted by atomic mass is 10.3. The normalized spacial score (nSPS) is 9.92. The van der Waals surface area contributed by atoms with Crippen LogP contribution in [0.2, 0.25) is 0 Å². The Kier molecular flexibility index (Phi) is 3.76. The van der Waals surface area contributed by atoms with Crippen molar-refractivity contribution < 1.29 is 9.90 Å². The largest absolute Gasteiger partial charge is 0.481 e. The summed E-state index contributed by atoms with van der Waals surface area (Å²) < 4.78 is 0. The Hall–Kier alpha value is -1.03. The molecule has 70 valence electrons. The van der Waals surface area contributed by atoms with E-state index in [9.17, 15) is 4.79 Å². The van der Waals surface area contributed by atoms with E-state index in [1.54, 1.807) is 6.20 Å². The van der Waals surface area contributed by atoms with Crippen molar-refractivity contribution in [3.63, 3.8) is 0 Å². The minimum absolute atomic E-state index is 0.181. The van der Waals surface area contributed by atoms with Crippen LogP contribution in [0.15, 0.2) is 23.4 Å². The van der Waals surface area contributed by atoms with Crippen molar-refractivity contribution in [1.82, 2.24) is 4.98 Å². The molecule has 0 fully saturated rings. The summed E-state index contributed by atoms with van der Waals surface area (Å²) in [4.78, 5) is 14.4. The fourth-order valence-corrected chi connectivity index (χ4v) is 1.76. The van der Waals surface area contributed by atoms with E-state index in [-0.39, 0.29) is 6.42 Å². The number of pyridine rings is 1. The van der Waals surface area contributed by atoms with Crippen molar-refractivity contribution in [2.45, 2.75) is 18.4 Å². The fraction of sp³-hybridized carbons (Fsp3) is 0.333. The number of hydrogen-bond acceptors (Lipinski definition) is 3. The zero-order chi connectivity index (χ0) is 9.68. The van der Waals surface area contributed by atoms with Crippen LogP contribution in [-0.4, -0.2) is 21.8 Å². The Morgan fingerprint density at radius 3 is 3.08 bits per heavy atom. The molecule has 0 aliphatic rings. The summed E-state index contributed by atoms with van der Waals surface area (Å²) in [5.41, 5.74) is 1.10. The first-order valence-corrected chi connectivity index (χ1v) is 4.95. The fourth-order valence-electron chi connectivity index (χ4n) is 0.857. The number of carboxylic acids is 1. The van der Waals surface area contributed by atoms with Gasteiger partial charge in [-0.25, -0.2) is 4.98 Å². The molecule has 1 rings (SSSR count). The number of aliphatic carboxylic acids is 1. The van der Waals surface area contributed by atoms with Crippen LogP contribution in [0.4, 0.5) is 0 Å². The molecule has 13 heavy (non-hydrogen) atoms. The number of carbonyl (C=O) groups is 1. The van der Waals surface area contributed by atoms with Gasteiger partial charge in [-0.05, 0) is 18.6 Å². The Balaban J connectivity index is 2.45. The van der Waals surface area contributed by atoms with Gasteiger partial charge >= 0.3 is 5.97 Å². The van der Waals surface area contributed by atoms with Gasteiger partial charge < -0.3 is 5.11 Å². The second-order valence-electron chi connectivity index (χ2n) is 2.62. The number of nitrogens with zero attached hydrogens (tertiary/aromatic N) is 1. The minimum Gasteiger partial charge on any atom is -0.481 e. The van der Waals surface area contributed by atoms with E-state index in [4.69, 9.17) is 5.11 Å². The topological polar surface area (TPSA) is 50.2 Å². The van der Waals surface area contributed by atoms with Gasteiger partial charge in [-0.2, -0.15) is 0 Å². The van der Waals surface area contributed by atoms with Crippen LogP contribution >= 0.6 is 11.8 Å². The number of rotatable bonds is 4. The zero-order valence-corrected chi connectivity index (χ0v) is 8.17. The molecular weight excluding hydrogens is 186 g/mol. The molecule has 0 atom stereocenters. The van der Waals surface area contributed by atoms with Crippen LogP contribution < -0.4 is 0 Å². The summed E-state index contributed by atoms with van der Waals surface area (Å²) in [5, 5.41) is 9.35. The number of carboxylic acid groups (broad SMARTS) is 1. The van der Waals surface area contributed by atoms with Crippen molar-refractivity contribution >= 4 is 17.7 Å². The molecule has 3 nitrogen and oxygen atoms in total. The van der Waals surface area contributed by atoms with Crippen LogP contribution in [0.25, 0.3) is 0 Å². The molecule has 0 saturated carbocycles. The van der Waals surface area contributed by atoms with Crippen molar-refractivity contribution in [3.8, 4) is 0 Å². The first-order chi connectivity index (χ1) is 6.20. The number of aryl methyl sites for hydroxylation is 1. The predicted octanol–water partition coefficient (Wildman–Crippen LogP) is 1.96. The molecule has 1 heterocycles. The van der Waals surface area contributed by atoms with Crippen LogP contribution in [0.3, 0.4) is 0 Å². The molecule has 0 bridgehead atoms. The highest BCUT2D eigenvalue weighted by molar-refractivity contribution is 7.99. The maximum Gasteiger partial charge on any atom is 0.304 e. The standard InChI is InChI=1S/C9H11NO2S/c1-7-3-2-5-10-9(7)13-6-4-8(11)12/h2-3,5H,4,6H2,1H3,(H,11,12). The number of aromatic nitrogens is 1. The van der Waals surface area contributed by atoms with E-state index in [1.165, 1.54) is 11.8 Å². The third kappa shape index (κ3) is 3.46. The molecule has 1 N–H and O–H groups in total. The SMILES string of the molecule is Cc1cccnc1SCCC(=O)O. The second-order valence-corrected chi connectivity index (χ2v) is 3.70. The summed E-state index contributed by atoms with van der Waals surface area (Å²) in [5.74, 6) is -0.186. The van der Waals surface area contributed by atoms with Gasteiger partial charge in [-0.3, -0.25) is 4.79 Å². The molecule has 1 aromatic heterocycles. The third-order valence-electron chi connectivity index (χ3n) is 1.52. The smallest absolute Gasteiger partial charge is 0.304 e. The predicted molar refractivity (Wildman–Crippen MR) is 52.0 cm³/mol. The van der Waals surface area contributed by atoms with Gasteiger partial charge in [0, 0.05) is 11.9 Å². The van der Waals surface area contributed by atoms with Crippen LogP contribution in [0.1, 0.15) is 12.0 Å². The summed E-state index contributed by atoms with van der Waals surface area (Å²) >= 11 is 1.48. The first kappa shape index (κ1) is 10.1. The Morgan fingerprint density at radius 1 is 1.69 bits per heavy atom. The van der Waals surface area contributed by atoms with E-state index in [0.29, 0.717) is 5.75 Å². The maximum atomic E-state index is 10.2. The van der Waals surface area contributed by atoms with Crippen molar-refractivity contribution in [2.24, 2.45) is 0 Å². The molecule has 1 aromatic rings. The molecule has 0 amide bonds. The molecule has 0 spiro atoms. The van der Waals surface area contributed by atoms with Crippen LogP contribution in [0, 0.1) is 6.92 Å². The van der Waals surface area contributed by atoms with E-state index < -0.39 is 5.97 Å². The minimum atomic E-state index is -0.763. The van der Waals surface area contributed by atoms with Gasteiger partial charge in [0.25, 0.3) is 0 Å².